The summed E-state index contributed by atoms with van der Waals surface area (Å²) in [6, 6.07) is 0. The Morgan fingerprint density at radius 2 is 1.94 bits per heavy atom. The number of hydrogen-bond acceptors (Lipinski definition) is 2. The van der Waals surface area contributed by atoms with Gasteiger partial charge in [-0.1, -0.05) is 26.3 Å². The van der Waals surface area contributed by atoms with E-state index in [1.807, 2.05) is 6.92 Å². The second-order valence-corrected chi connectivity index (χ2v) is 5.38. The van der Waals surface area contributed by atoms with E-state index in [-0.39, 0.29) is 18.0 Å². The van der Waals surface area contributed by atoms with Crippen LogP contribution in [0.15, 0.2) is 11.1 Å². The molecule has 0 aromatic carbocycles. The van der Waals surface area contributed by atoms with Crippen molar-refractivity contribution in [2.24, 2.45) is 11.8 Å². The fourth-order valence-corrected chi connectivity index (χ4v) is 2.03. The van der Waals surface area contributed by atoms with Crippen LogP contribution in [-0.4, -0.2) is 12.1 Å². The maximum absolute atomic E-state index is 11.9. The molecular weight excluding hydrogens is 200 g/mol. The van der Waals surface area contributed by atoms with Crippen LogP contribution in [-0.2, 0) is 9.53 Å². The van der Waals surface area contributed by atoms with Gasteiger partial charge in [0.15, 0.2) is 0 Å². The highest BCUT2D eigenvalue weighted by atomic mass is 16.5. The number of carbonyl (C=O) groups excluding carboxylic acids is 1. The third-order valence-corrected chi connectivity index (χ3v) is 3.57. The summed E-state index contributed by atoms with van der Waals surface area (Å²) in [6.07, 6.45) is 3.29. The van der Waals surface area contributed by atoms with E-state index in [0.29, 0.717) is 5.92 Å². The topological polar surface area (TPSA) is 26.3 Å². The number of allylic oxidation sites excluding steroid dienone is 1. The van der Waals surface area contributed by atoms with Crippen LogP contribution in [0.3, 0.4) is 0 Å². The molecule has 16 heavy (non-hydrogen) atoms. The SMILES string of the molecule is CC(C)=C1CCCC1OC(=O)C(C)C(C)C. The number of carbonyl (C=O) groups is 1. The van der Waals surface area contributed by atoms with Crippen LogP contribution in [0.2, 0.25) is 0 Å². The monoisotopic (exact) mass is 224 g/mol. The second-order valence-electron chi connectivity index (χ2n) is 5.38. The molecular formula is C14H24O2. The largest absolute Gasteiger partial charge is 0.458 e. The maximum Gasteiger partial charge on any atom is 0.309 e. The van der Waals surface area contributed by atoms with Crippen molar-refractivity contribution < 1.29 is 9.53 Å². The van der Waals surface area contributed by atoms with Crippen molar-refractivity contribution in [2.45, 2.75) is 60.0 Å². The lowest BCUT2D eigenvalue weighted by Crippen LogP contribution is -2.25. The first-order valence-electron chi connectivity index (χ1n) is 6.30. The van der Waals surface area contributed by atoms with Crippen molar-refractivity contribution in [1.82, 2.24) is 0 Å². The van der Waals surface area contributed by atoms with Gasteiger partial charge in [-0.25, -0.2) is 0 Å². The van der Waals surface area contributed by atoms with Crippen LogP contribution < -0.4 is 0 Å². The molecule has 92 valence electrons. The molecule has 0 aromatic rings. The molecule has 0 saturated heterocycles. The van der Waals surface area contributed by atoms with E-state index in [2.05, 4.69) is 27.7 Å². The van der Waals surface area contributed by atoms with E-state index >= 15 is 0 Å². The van der Waals surface area contributed by atoms with Crippen molar-refractivity contribution in [1.29, 1.82) is 0 Å². The normalized spacial score (nSPS) is 22.4. The van der Waals surface area contributed by atoms with Gasteiger partial charge in [0.1, 0.15) is 6.10 Å². The first-order chi connectivity index (χ1) is 7.43. The molecule has 1 rings (SSSR count). The van der Waals surface area contributed by atoms with Gasteiger partial charge < -0.3 is 4.74 Å². The molecule has 0 bridgehead atoms. The standard InChI is InChI=1S/C14H24O2/c1-9(2)11(5)14(15)16-13-8-6-7-12(13)10(3)4/h9,11,13H,6-8H2,1-5H3. The maximum atomic E-state index is 11.9. The van der Waals surface area contributed by atoms with E-state index < -0.39 is 0 Å². The number of rotatable bonds is 3. The van der Waals surface area contributed by atoms with Crippen molar-refractivity contribution in [3.8, 4) is 0 Å². The molecule has 2 heteroatoms. The molecule has 0 heterocycles. The minimum Gasteiger partial charge on any atom is -0.458 e. The Bertz CT molecular complexity index is 285. The summed E-state index contributed by atoms with van der Waals surface area (Å²) in [4.78, 5) is 11.9. The molecule has 1 aliphatic carbocycles. The predicted molar refractivity (Wildman–Crippen MR) is 66.1 cm³/mol. The van der Waals surface area contributed by atoms with E-state index in [1.165, 1.54) is 11.1 Å². The molecule has 1 aliphatic rings. The molecule has 0 spiro atoms. The van der Waals surface area contributed by atoms with Gasteiger partial charge in [-0.2, -0.15) is 0 Å². The van der Waals surface area contributed by atoms with Gasteiger partial charge in [-0.3, -0.25) is 4.79 Å². The molecule has 2 atom stereocenters. The summed E-state index contributed by atoms with van der Waals surface area (Å²) in [6.45, 7) is 10.3. The number of esters is 1. The highest BCUT2D eigenvalue weighted by molar-refractivity contribution is 5.72. The van der Waals surface area contributed by atoms with Gasteiger partial charge in [-0.05, 0) is 44.6 Å². The van der Waals surface area contributed by atoms with Crippen LogP contribution >= 0.6 is 0 Å². The van der Waals surface area contributed by atoms with Gasteiger partial charge in [0.2, 0.25) is 0 Å². The Morgan fingerprint density at radius 1 is 1.31 bits per heavy atom. The highest BCUT2D eigenvalue weighted by Gasteiger charge is 2.28. The molecule has 2 nitrogen and oxygen atoms in total. The van der Waals surface area contributed by atoms with Crippen molar-refractivity contribution in [3.63, 3.8) is 0 Å². The molecule has 1 saturated carbocycles. The lowest BCUT2D eigenvalue weighted by molar-refractivity contribution is -0.152. The number of ether oxygens (including phenoxy) is 1. The Balaban J connectivity index is 2.61. The van der Waals surface area contributed by atoms with Gasteiger partial charge in [0.25, 0.3) is 0 Å². The molecule has 0 radical (unpaired) electrons. The zero-order valence-electron chi connectivity index (χ0n) is 11.2. The Hall–Kier alpha value is -0.790. The van der Waals surface area contributed by atoms with Crippen LogP contribution in [0.25, 0.3) is 0 Å². The lowest BCUT2D eigenvalue weighted by Gasteiger charge is -2.20. The summed E-state index contributed by atoms with van der Waals surface area (Å²) in [5.74, 6) is 0.309. The van der Waals surface area contributed by atoms with Crippen LogP contribution in [0, 0.1) is 11.8 Å². The molecule has 0 N–H and O–H groups in total. The van der Waals surface area contributed by atoms with E-state index in [0.717, 1.165) is 19.3 Å². The summed E-state index contributed by atoms with van der Waals surface area (Å²) < 4.78 is 5.61. The summed E-state index contributed by atoms with van der Waals surface area (Å²) >= 11 is 0. The zero-order valence-corrected chi connectivity index (χ0v) is 11.2. The summed E-state index contributed by atoms with van der Waals surface area (Å²) in [5.41, 5.74) is 2.65. The molecule has 0 aromatic heterocycles. The smallest absolute Gasteiger partial charge is 0.309 e. The minimum atomic E-state index is -0.0411. The Kier molecular flexibility index (Phi) is 4.57. The van der Waals surface area contributed by atoms with Crippen molar-refractivity contribution >= 4 is 5.97 Å². The Morgan fingerprint density at radius 3 is 2.44 bits per heavy atom. The fourth-order valence-electron chi connectivity index (χ4n) is 2.03. The van der Waals surface area contributed by atoms with Crippen molar-refractivity contribution in [2.75, 3.05) is 0 Å². The first-order valence-corrected chi connectivity index (χ1v) is 6.30. The van der Waals surface area contributed by atoms with E-state index in [4.69, 9.17) is 4.74 Å². The summed E-state index contributed by atoms with van der Waals surface area (Å²) in [5, 5.41) is 0. The molecule has 1 fully saturated rings. The molecule has 0 amide bonds. The molecule has 2 unspecified atom stereocenters. The highest BCUT2D eigenvalue weighted by Crippen LogP contribution is 2.31. The fraction of sp³-hybridized carbons (Fsp3) is 0.786. The average Bonchev–Trinajstić information content (AvgIpc) is 2.64. The van der Waals surface area contributed by atoms with Gasteiger partial charge >= 0.3 is 5.97 Å². The zero-order chi connectivity index (χ0) is 12.3. The average molecular weight is 224 g/mol. The number of hydrogen-bond donors (Lipinski definition) is 0. The molecule has 0 aliphatic heterocycles. The summed E-state index contributed by atoms with van der Waals surface area (Å²) in [7, 11) is 0. The van der Waals surface area contributed by atoms with Crippen LogP contribution in [0.1, 0.15) is 53.9 Å². The second kappa shape index (κ2) is 5.51. The third kappa shape index (κ3) is 3.10. The quantitative estimate of drug-likeness (QED) is 0.539. The van der Waals surface area contributed by atoms with Gasteiger partial charge in [-0.15, -0.1) is 0 Å². The van der Waals surface area contributed by atoms with Gasteiger partial charge in [0.05, 0.1) is 5.92 Å². The Labute approximate surface area is 99.1 Å². The minimum absolute atomic E-state index is 0.000915. The van der Waals surface area contributed by atoms with Crippen molar-refractivity contribution in [3.05, 3.63) is 11.1 Å². The van der Waals surface area contributed by atoms with Crippen LogP contribution in [0.4, 0.5) is 0 Å². The van der Waals surface area contributed by atoms with Crippen LogP contribution in [0.5, 0.6) is 0 Å². The van der Waals surface area contributed by atoms with Gasteiger partial charge in [0, 0.05) is 0 Å². The van der Waals surface area contributed by atoms with E-state index in [1.54, 1.807) is 0 Å². The lowest BCUT2D eigenvalue weighted by atomic mass is 9.98. The first kappa shape index (κ1) is 13.3. The van der Waals surface area contributed by atoms with E-state index in [9.17, 15) is 4.79 Å². The third-order valence-electron chi connectivity index (χ3n) is 3.57. The predicted octanol–water partition coefficient (Wildman–Crippen LogP) is 3.71.